The normalized spacial score (nSPS) is 19.1. The van der Waals surface area contributed by atoms with Crippen LogP contribution in [0.5, 0.6) is 11.5 Å². The van der Waals surface area contributed by atoms with E-state index in [2.05, 4.69) is 11.4 Å². The quantitative estimate of drug-likeness (QED) is 0.823. The second-order valence-corrected chi connectivity index (χ2v) is 4.13. The molecule has 0 radical (unpaired) electrons. The van der Waals surface area contributed by atoms with Crippen molar-refractivity contribution >= 4 is 11.6 Å². The third-order valence-corrected chi connectivity index (χ3v) is 3.27. The Labute approximate surface area is 101 Å². The molecule has 4 heteroatoms. The summed E-state index contributed by atoms with van der Waals surface area (Å²) < 4.78 is 10.6. The lowest BCUT2D eigenvalue weighted by molar-refractivity contribution is 0.352. The third-order valence-electron chi connectivity index (χ3n) is 2.96. The number of hydrogen-bond donors (Lipinski definition) is 1. The highest BCUT2D eigenvalue weighted by molar-refractivity contribution is 6.18. The van der Waals surface area contributed by atoms with Crippen molar-refractivity contribution in [3.05, 3.63) is 23.3 Å². The van der Waals surface area contributed by atoms with Crippen LogP contribution >= 0.6 is 11.6 Å². The molecule has 88 valence electrons. The van der Waals surface area contributed by atoms with Gasteiger partial charge in [-0.2, -0.15) is 0 Å². The summed E-state index contributed by atoms with van der Waals surface area (Å²) in [7, 11) is 3.31. The molecule has 1 heterocycles. The predicted octanol–water partition coefficient (Wildman–Crippen LogP) is 2.13. The van der Waals surface area contributed by atoms with E-state index in [9.17, 15) is 0 Å². The standard InChI is InChI=1S/C12H16ClNO2/c1-15-11-5-8-3-4-14-10(7-13)9(8)6-12(11)16-2/h5-6,10,14H,3-4,7H2,1-2H3. The molecule has 1 N–H and O–H groups in total. The van der Waals surface area contributed by atoms with E-state index >= 15 is 0 Å². The van der Waals surface area contributed by atoms with Crippen LogP contribution in [0.1, 0.15) is 17.2 Å². The Morgan fingerprint density at radius 1 is 1.31 bits per heavy atom. The van der Waals surface area contributed by atoms with Gasteiger partial charge in [-0.05, 0) is 36.2 Å². The zero-order valence-electron chi connectivity index (χ0n) is 9.55. The monoisotopic (exact) mass is 241 g/mol. The zero-order valence-corrected chi connectivity index (χ0v) is 10.3. The molecule has 16 heavy (non-hydrogen) atoms. The average Bonchev–Trinajstić information content (AvgIpc) is 2.36. The fourth-order valence-electron chi connectivity index (χ4n) is 2.11. The van der Waals surface area contributed by atoms with E-state index in [4.69, 9.17) is 21.1 Å². The number of fused-ring (bicyclic) bond motifs is 1. The second kappa shape index (κ2) is 4.93. The molecule has 0 bridgehead atoms. The molecule has 1 aliphatic rings. The van der Waals surface area contributed by atoms with Crippen molar-refractivity contribution in [1.29, 1.82) is 0 Å². The molecule has 0 spiro atoms. The van der Waals surface area contributed by atoms with Crippen molar-refractivity contribution in [3.63, 3.8) is 0 Å². The molecule has 2 rings (SSSR count). The number of alkyl halides is 1. The minimum absolute atomic E-state index is 0.213. The number of methoxy groups -OCH3 is 2. The minimum atomic E-state index is 0.213. The smallest absolute Gasteiger partial charge is 0.161 e. The van der Waals surface area contributed by atoms with E-state index in [1.54, 1.807) is 14.2 Å². The van der Waals surface area contributed by atoms with Crippen molar-refractivity contribution in [1.82, 2.24) is 5.32 Å². The number of hydrogen-bond acceptors (Lipinski definition) is 3. The Morgan fingerprint density at radius 3 is 2.62 bits per heavy atom. The van der Waals surface area contributed by atoms with Crippen LogP contribution in [0.2, 0.25) is 0 Å². The second-order valence-electron chi connectivity index (χ2n) is 3.82. The van der Waals surface area contributed by atoms with E-state index in [0.717, 1.165) is 24.5 Å². The molecule has 0 saturated carbocycles. The van der Waals surface area contributed by atoms with E-state index in [-0.39, 0.29) is 6.04 Å². The molecule has 0 saturated heterocycles. The van der Waals surface area contributed by atoms with Gasteiger partial charge in [0.2, 0.25) is 0 Å². The predicted molar refractivity (Wildman–Crippen MR) is 64.7 cm³/mol. The summed E-state index contributed by atoms with van der Waals surface area (Å²) in [6.07, 6.45) is 1.00. The first-order valence-corrected chi connectivity index (χ1v) is 5.87. The molecule has 1 aliphatic heterocycles. The first-order chi connectivity index (χ1) is 7.80. The number of halogens is 1. The molecule has 1 aromatic rings. The summed E-state index contributed by atoms with van der Waals surface area (Å²) in [6, 6.07) is 4.28. The highest BCUT2D eigenvalue weighted by atomic mass is 35.5. The highest BCUT2D eigenvalue weighted by Crippen LogP contribution is 2.35. The Hall–Kier alpha value is -0.930. The van der Waals surface area contributed by atoms with E-state index in [1.165, 1.54) is 11.1 Å². The van der Waals surface area contributed by atoms with E-state index < -0.39 is 0 Å². The summed E-state index contributed by atoms with van der Waals surface area (Å²) in [5.41, 5.74) is 2.51. The molecule has 0 amide bonds. The summed E-state index contributed by atoms with van der Waals surface area (Å²) in [5, 5.41) is 3.39. The Balaban J connectivity index is 2.46. The first kappa shape index (κ1) is 11.6. The van der Waals surface area contributed by atoms with Gasteiger partial charge in [0.15, 0.2) is 11.5 Å². The van der Waals surface area contributed by atoms with Crippen molar-refractivity contribution in [3.8, 4) is 11.5 Å². The maximum atomic E-state index is 5.94. The van der Waals surface area contributed by atoms with Crippen LogP contribution in [-0.4, -0.2) is 26.6 Å². The number of nitrogens with one attached hydrogen (secondary N) is 1. The van der Waals surface area contributed by atoms with Gasteiger partial charge in [0.1, 0.15) is 0 Å². The SMILES string of the molecule is COc1cc2c(cc1OC)C(CCl)NCC2. The first-order valence-electron chi connectivity index (χ1n) is 5.34. The number of benzene rings is 1. The molecular weight excluding hydrogens is 226 g/mol. The summed E-state index contributed by atoms with van der Waals surface area (Å²) >= 11 is 5.94. The Kier molecular flexibility index (Phi) is 3.56. The van der Waals surface area contributed by atoms with Crippen LogP contribution in [0.15, 0.2) is 12.1 Å². The molecule has 1 aromatic carbocycles. The molecule has 3 nitrogen and oxygen atoms in total. The van der Waals surface area contributed by atoms with Gasteiger partial charge in [0.25, 0.3) is 0 Å². The molecule has 0 fully saturated rings. The molecular formula is C12H16ClNO2. The van der Waals surface area contributed by atoms with Gasteiger partial charge in [-0.3, -0.25) is 0 Å². The van der Waals surface area contributed by atoms with Gasteiger partial charge < -0.3 is 14.8 Å². The van der Waals surface area contributed by atoms with Crippen molar-refractivity contribution < 1.29 is 9.47 Å². The fourth-order valence-corrected chi connectivity index (χ4v) is 2.38. The van der Waals surface area contributed by atoms with Crippen molar-refractivity contribution in [2.45, 2.75) is 12.5 Å². The minimum Gasteiger partial charge on any atom is -0.493 e. The van der Waals surface area contributed by atoms with Crippen LogP contribution in [0.4, 0.5) is 0 Å². The van der Waals surface area contributed by atoms with Crippen molar-refractivity contribution in [2.75, 3.05) is 26.6 Å². The lowest BCUT2D eigenvalue weighted by Crippen LogP contribution is -2.30. The summed E-state index contributed by atoms with van der Waals surface area (Å²) in [5.74, 6) is 2.12. The lowest BCUT2D eigenvalue weighted by Gasteiger charge is -2.26. The average molecular weight is 242 g/mol. The van der Waals surface area contributed by atoms with Crippen molar-refractivity contribution in [2.24, 2.45) is 0 Å². The van der Waals surface area contributed by atoms with Crippen LogP contribution in [0.3, 0.4) is 0 Å². The van der Waals surface area contributed by atoms with Gasteiger partial charge >= 0.3 is 0 Å². The van der Waals surface area contributed by atoms with Crippen LogP contribution < -0.4 is 14.8 Å². The molecule has 0 aromatic heterocycles. The maximum Gasteiger partial charge on any atom is 0.161 e. The van der Waals surface area contributed by atoms with Crippen LogP contribution in [-0.2, 0) is 6.42 Å². The number of rotatable bonds is 3. The van der Waals surface area contributed by atoms with E-state index in [0.29, 0.717) is 5.88 Å². The molecule has 1 unspecified atom stereocenters. The van der Waals surface area contributed by atoms with Gasteiger partial charge in [0, 0.05) is 11.9 Å². The Bertz CT molecular complexity index is 382. The fraction of sp³-hybridized carbons (Fsp3) is 0.500. The van der Waals surface area contributed by atoms with Gasteiger partial charge in [-0.1, -0.05) is 0 Å². The lowest BCUT2D eigenvalue weighted by atomic mass is 9.94. The molecule has 1 atom stereocenters. The molecule has 0 aliphatic carbocycles. The van der Waals surface area contributed by atoms with Gasteiger partial charge in [-0.25, -0.2) is 0 Å². The maximum absolute atomic E-state index is 5.94. The Morgan fingerprint density at radius 2 is 2.00 bits per heavy atom. The van der Waals surface area contributed by atoms with Gasteiger partial charge in [-0.15, -0.1) is 11.6 Å². The largest absolute Gasteiger partial charge is 0.493 e. The topological polar surface area (TPSA) is 30.5 Å². The van der Waals surface area contributed by atoms with Crippen LogP contribution in [0, 0.1) is 0 Å². The van der Waals surface area contributed by atoms with E-state index in [1.807, 2.05) is 6.07 Å². The summed E-state index contributed by atoms with van der Waals surface area (Å²) in [6.45, 7) is 0.958. The zero-order chi connectivity index (χ0) is 11.5. The number of ether oxygens (including phenoxy) is 2. The van der Waals surface area contributed by atoms with Gasteiger partial charge in [0.05, 0.1) is 14.2 Å². The highest BCUT2D eigenvalue weighted by Gasteiger charge is 2.21. The summed E-state index contributed by atoms with van der Waals surface area (Å²) in [4.78, 5) is 0. The van der Waals surface area contributed by atoms with Crippen LogP contribution in [0.25, 0.3) is 0 Å². The third kappa shape index (κ3) is 1.97.